The van der Waals surface area contributed by atoms with Crippen LogP contribution in [-0.4, -0.2) is 44.2 Å². The van der Waals surface area contributed by atoms with Crippen LogP contribution in [0.25, 0.3) is 0 Å². The summed E-state index contributed by atoms with van der Waals surface area (Å²) in [6.07, 6.45) is 1.95. The van der Waals surface area contributed by atoms with Gasteiger partial charge in [-0.25, -0.2) is 0 Å². The first-order chi connectivity index (χ1) is 11.1. The molecular formula is C16H23N3O4. The van der Waals surface area contributed by atoms with Gasteiger partial charge in [-0.2, -0.15) is 0 Å². The van der Waals surface area contributed by atoms with E-state index in [1.165, 1.54) is 0 Å². The molecule has 0 saturated carbocycles. The molecule has 23 heavy (non-hydrogen) atoms. The van der Waals surface area contributed by atoms with E-state index in [0.29, 0.717) is 5.69 Å². The topological polar surface area (TPSA) is 103 Å². The van der Waals surface area contributed by atoms with Crippen LogP contribution in [-0.2, 0) is 14.3 Å². The van der Waals surface area contributed by atoms with Crippen molar-refractivity contribution in [2.75, 3.05) is 31.6 Å². The van der Waals surface area contributed by atoms with Gasteiger partial charge in [0.25, 0.3) is 0 Å². The van der Waals surface area contributed by atoms with Crippen LogP contribution in [0.15, 0.2) is 18.2 Å². The maximum Gasteiger partial charge on any atom is 0.243 e. The number of rotatable bonds is 6. The smallest absolute Gasteiger partial charge is 0.243 e. The molecule has 0 aromatic heterocycles. The van der Waals surface area contributed by atoms with Crippen LogP contribution in [0.5, 0.6) is 5.75 Å². The Labute approximate surface area is 135 Å². The third kappa shape index (κ3) is 5.54. The van der Waals surface area contributed by atoms with Gasteiger partial charge >= 0.3 is 0 Å². The third-order valence-corrected chi connectivity index (χ3v) is 3.55. The lowest BCUT2D eigenvalue weighted by Gasteiger charge is -2.24. The average Bonchev–Trinajstić information content (AvgIpc) is 2.56. The highest BCUT2D eigenvalue weighted by atomic mass is 16.5. The van der Waals surface area contributed by atoms with Crippen LogP contribution in [0.3, 0.4) is 0 Å². The number of hydrogen-bond acceptors (Lipinski definition) is 5. The molecule has 2 rings (SSSR count). The minimum atomic E-state index is -0.364. The molecule has 0 atom stereocenters. The molecule has 0 aliphatic carbocycles. The van der Waals surface area contributed by atoms with E-state index < -0.39 is 0 Å². The molecule has 1 aromatic carbocycles. The van der Waals surface area contributed by atoms with E-state index in [1.54, 1.807) is 6.07 Å². The molecule has 2 amide bonds. The van der Waals surface area contributed by atoms with Crippen molar-refractivity contribution in [2.45, 2.75) is 25.9 Å². The number of amides is 2. The number of ether oxygens (including phenoxy) is 2. The van der Waals surface area contributed by atoms with Gasteiger partial charge in [0.15, 0.2) is 0 Å². The Morgan fingerprint density at radius 2 is 2.04 bits per heavy atom. The van der Waals surface area contributed by atoms with Crippen LogP contribution >= 0.6 is 0 Å². The molecular weight excluding hydrogens is 298 g/mol. The average molecular weight is 321 g/mol. The Kier molecular flexibility index (Phi) is 6.37. The fourth-order valence-corrected chi connectivity index (χ4v) is 2.29. The predicted molar refractivity (Wildman–Crippen MR) is 86.3 cm³/mol. The van der Waals surface area contributed by atoms with Gasteiger partial charge in [0, 0.05) is 18.5 Å². The summed E-state index contributed by atoms with van der Waals surface area (Å²) < 4.78 is 11.3. The number of nitrogens with one attached hydrogen (secondary N) is 2. The summed E-state index contributed by atoms with van der Waals surface area (Å²) in [5.41, 5.74) is 6.76. The number of benzene rings is 1. The minimum Gasteiger partial charge on any atom is -0.490 e. The van der Waals surface area contributed by atoms with E-state index in [9.17, 15) is 9.59 Å². The van der Waals surface area contributed by atoms with Crippen molar-refractivity contribution >= 4 is 17.5 Å². The summed E-state index contributed by atoms with van der Waals surface area (Å²) in [5, 5.41) is 5.14. The second-order valence-corrected chi connectivity index (χ2v) is 5.44. The molecule has 0 unspecified atom stereocenters. The van der Waals surface area contributed by atoms with Gasteiger partial charge in [-0.15, -0.1) is 0 Å². The number of carbonyl (C=O) groups excluding carboxylic acids is 2. The zero-order chi connectivity index (χ0) is 16.7. The van der Waals surface area contributed by atoms with Gasteiger partial charge in [0.2, 0.25) is 11.8 Å². The van der Waals surface area contributed by atoms with Crippen molar-refractivity contribution in [3.63, 3.8) is 0 Å². The molecule has 1 aromatic rings. The maximum atomic E-state index is 11.7. The van der Waals surface area contributed by atoms with Crippen molar-refractivity contribution in [3.05, 3.63) is 23.8 Å². The quantitative estimate of drug-likeness (QED) is 0.711. The molecule has 1 saturated heterocycles. The van der Waals surface area contributed by atoms with Crippen LogP contribution < -0.4 is 21.1 Å². The lowest BCUT2D eigenvalue weighted by Crippen LogP contribution is -2.36. The lowest BCUT2D eigenvalue weighted by atomic mass is 10.1. The van der Waals surface area contributed by atoms with Gasteiger partial charge in [-0.05, 0) is 30.7 Å². The molecule has 1 aliphatic rings. The van der Waals surface area contributed by atoms with Gasteiger partial charge in [0.1, 0.15) is 11.9 Å². The lowest BCUT2D eigenvalue weighted by molar-refractivity contribution is -0.123. The van der Waals surface area contributed by atoms with Crippen LogP contribution in [0.2, 0.25) is 0 Å². The first kappa shape index (κ1) is 17.2. The standard InChI is InChI=1S/C16H23N3O4/c1-11-8-12(19-16(21)10-18-15(20)9-17)2-3-14(11)23-13-4-6-22-7-5-13/h2-3,8,13H,4-7,9-10,17H2,1H3,(H,18,20)(H,19,21). The second kappa shape index (κ2) is 8.50. The van der Waals surface area contributed by atoms with Gasteiger partial charge < -0.3 is 25.8 Å². The van der Waals surface area contributed by atoms with E-state index in [2.05, 4.69) is 10.6 Å². The Morgan fingerprint density at radius 3 is 2.70 bits per heavy atom. The Morgan fingerprint density at radius 1 is 1.30 bits per heavy atom. The van der Waals surface area contributed by atoms with Crippen LogP contribution in [0, 0.1) is 6.92 Å². The highest BCUT2D eigenvalue weighted by Crippen LogP contribution is 2.25. The first-order valence-corrected chi connectivity index (χ1v) is 7.70. The van der Waals surface area contributed by atoms with Crippen LogP contribution in [0.4, 0.5) is 5.69 Å². The molecule has 7 nitrogen and oxygen atoms in total. The fourth-order valence-electron chi connectivity index (χ4n) is 2.29. The van der Waals surface area contributed by atoms with Crippen molar-refractivity contribution in [2.24, 2.45) is 5.73 Å². The van der Waals surface area contributed by atoms with Crippen molar-refractivity contribution in [1.29, 1.82) is 0 Å². The van der Waals surface area contributed by atoms with E-state index in [0.717, 1.165) is 37.4 Å². The normalized spacial score (nSPS) is 15.0. The monoisotopic (exact) mass is 321 g/mol. The number of hydrogen-bond donors (Lipinski definition) is 3. The van der Waals surface area contributed by atoms with E-state index in [4.69, 9.17) is 15.2 Å². The zero-order valence-electron chi connectivity index (χ0n) is 13.3. The van der Waals surface area contributed by atoms with Crippen LogP contribution in [0.1, 0.15) is 18.4 Å². The van der Waals surface area contributed by atoms with E-state index >= 15 is 0 Å². The highest BCUT2D eigenvalue weighted by molar-refractivity contribution is 5.94. The molecule has 0 radical (unpaired) electrons. The van der Waals surface area contributed by atoms with Crippen molar-refractivity contribution < 1.29 is 19.1 Å². The molecule has 7 heteroatoms. The summed E-state index contributed by atoms with van der Waals surface area (Å²) in [6.45, 7) is 3.15. The zero-order valence-corrected chi connectivity index (χ0v) is 13.3. The number of aryl methyl sites for hydroxylation is 1. The Hall–Kier alpha value is -2.12. The Bertz CT molecular complexity index is 556. The summed E-state index contributed by atoms with van der Waals surface area (Å²) in [7, 11) is 0. The summed E-state index contributed by atoms with van der Waals surface area (Å²) in [6, 6.07) is 5.47. The molecule has 1 aliphatic heterocycles. The molecule has 1 fully saturated rings. The molecule has 1 heterocycles. The fraction of sp³-hybridized carbons (Fsp3) is 0.500. The SMILES string of the molecule is Cc1cc(NC(=O)CNC(=O)CN)ccc1OC1CCOCC1. The van der Waals surface area contributed by atoms with Gasteiger partial charge in [-0.3, -0.25) is 9.59 Å². The largest absolute Gasteiger partial charge is 0.490 e. The summed E-state index contributed by atoms with van der Waals surface area (Å²) in [5.74, 6) is 0.146. The first-order valence-electron chi connectivity index (χ1n) is 7.70. The minimum absolute atomic E-state index is 0.102. The Balaban J connectivity index is 1.88. The molecule has 126 valence electrons. The summed E-state index contributed by atoms with van der Waals surface area (Å²) >= 11 is 0. The molecule has 0 spiro atoms. The van der Waals surface area contributed by atoms with Gasteiger partial charge in [-0.1, -0.05) is 0 Å². The highest BCUT2D eigenvalue weighted by Gasteiger charge is 2.16. The molecule has 0 bridgehead atoms. The maximum absolute atomic E-state index is 11.7. The number of nitrogens with two attached hydrogens (primary N) is 1. The van der Waals surface area contributed by atoms with Crippen molar-refractivity contribution in [1.82, 2.24) is 5.32 Å². The second-order valence-electron chi connectivity index (χ2n) is 5.44. The molecule has 4 N–H and O–H groups in total. The summed E-state index contributed by atoms with van der Waals surface area (Å²) in [4.78, 5) is 22.7. The van der Waals surface area contributed by atoms with E-state index in [1.807, 2.05) is 19.1 Å². The predicted octanol–water partition coefficient (Wildman–Crippen LogP) is 0.566. The number of anilines is 1. The van der Waals surface area contributed by atoms with E-state index in [-0.39, 0.29) is 31.0 Å². The number of carbonyl (C=O) groups is 2. The van der Waals surface area contributed by atoms with Gasteiger partial charge in [0.05, 0.1) is 26.3 Å². The van der Waals surface area contributed by atoms with Crippen molar-refractivity contribution in [3.8, 4) is 5.75 Å². The third-order valence-electron chi connectivity index (χ3n) is 3.55.